The smallest absolute Gasteiger partial charge is 0.0585 e. The molecule has 0 aliphatic rings. The minimum atomic E-state index is 0.734. The van der Waals surface area contributed by atoms with Crippen LogP contribution in [0.25, 0.3) is 0 Å². The monoisotopic (exact) mass is 234 g/mol. The largest absolute Gasteiger partial charge is 0.302 e. The first-order valence-corrected chi connectivity index (χ1v) is 5.97. The first-order chi connectivity index (χ1) is 7.76. The van der Waals surface area contributed by atoms with E-state index in [2.05, 4.69) is 65.5 Å². The Bertz CT molecular complexity index is 353. The summed E-state index contributed by atoms with van der Waals surface area (Å²) in [6.07, 6.45) is 0.938. The molecule has 0 aliphatic heterocycles. The molecular formula is C13H18N2S. The van der Waals surface area contributed by atoms with Gasteiger partial charge in [0.25, 0.3) is 0 Å². The zero-order valence-electron chi connectivity index (χ0n) is 9.94. The molecule has 0 amide bonds. The molecule has 16 heavy (non-hydrogen) atoms. The lowest BCUT2D eigenvalue weighted by molar-refractivity contribution is 0.346. The quantitative estimate of drug-likeness (QED) is 0.555. The van der Waals surface area contributed by atoms with Crippen molar-refractivity contribution in [3.8, 4) is 0 Å². The maximum atomic E-state index is 4.53. The van der Waals surface area contributed by atoms with E-state index in [4.69, 9.17) is 0 Å². The second-order valence-corrected chi connectivity index (χ2v) is 4.05. The van der Waals surface area contributed by atoms with Crippen LogP contribution in [0.1, 0.15) is 18.1 Å². The Labute approximate surface area is 103 Å². The number of thiocarbonyl (C=S) groups is 1. The van der Waals surface area contributed by atoms with Crippen molar-refractivity contribution in [3.63, 3.8) is 0 Å². The highest BCUT2D eigenvalue weighted by atomic mass is 32.1. The molecule has 0 heterocycles. The summed E-state index contributed by atoms with van der Waals surface area (Å²) >= 11 is 4.53. The third-order valence-electron chi connectivity index (χ3n) is 2.59. The van der Waals surface area contributed by atoms with E-state index in [0.29, 0.717) is 0 Å². The van der Waals surface area contributed by atoms with E-state index in [1.54, 1.807) is 0 Å². The Morgan fingerprint density at radius 2 is 1.88 bits per heavy atom. The Morgan fingerprint density at radius 3 is 2.44 bits per heavy atom. The van der Waals surface area contributed by atoms with Gasteiger partial charge in [-0.3, -0.25) is 0 Å². The van der Waals surface area contributed by atoms with E-state index in [9.17, 15) is 0 Å². The summed E-state index contributed by atoms with van der Waals surface area (Å²) < 4.78 is 0. The second-order valence-electron chi connectivity index (χ2n) is 3.87. The topological polar surface area (TPSA) is 15.6 Å². The van der Waals surface area contributed by atoms with Crippen LogP contribution < -0.4 is 0 Å². The minimum Gasteiger partial charge on any atom is -0.302 e. The van der Waals surface area contributed by atoms with Gasteiger partial charge in [-0.25, -0.2) is 4.99 Å². The average molecular weight is 234 g/mol. The van der Waals surface area contributed by atoms with Crippen molar-refractivity contribution in [1.82, 2.24) is 4.90 Å². The average Bonchev–Trinajstić information content (AvgIpc) is 2.31. The summed E-state index contributed by atoms with van der Waals surface area (Å²) in [6.45, 7) is 4.98. The lowest BCUT2D eigenvalue weighted by atomic mass is 10.1. The van der Waals surface area contributed by atoms with Crippen molar-refractivity contribution in [1.29, 1.82) is 0 Å². The van der Waals surface area contributed by atoms with Gasteiger partial charge in [0, 0.05) is 6.54 Å². The number of aliphatic imine (C=N–C) groups is 1. The van der Waals surface area contributed by atoms with Gasteiger partial charge in [-0.2, -0.15) is 0 Å². The fourth-order valence-electron chi connectivity index (χ4n) is 1.47. The predicted octanol–water partition coefficient (Wildman–Crippen LogP) is 2.78. The lowest BCUT2D eigenvalue weighted by Gasteiger charge is -2.13. The number of hydrogen-bond acceptors (Lipinski definition) is 3. The van der Waals surface area contributed by atoms with Crippen LogP contribution in [-0.2, 0) is 13.0 Å². The van der Waals surface area contributed by atoms with E-state index < -0.39 is 0 Å². The molecule has 0 aromatic heterocycles. The summed E-state index contributed by atoms with van der Waals surface area (Å²) in [6, 6.07) is 8.70. The van der Waals surface area contributed by atoms with Gasteiger partial charge in [0.05, 0.1) is 11.7 Å². The maximum absolute atomic E-state index is 4.53. The Kier molecular flexibility index (Phi) is 5.94. The van der Waals surface area contributed by atoms with Gasteiger partial charge < -0.3 is 4.90 Å². The van der Waals surface area contributed by atoms with Gasteiger partial charge in [-0.05, 0) is 43.4 Å². The van der Waals surface area contributed by atoms with E-state index >= 15 is 0 Å². The minimum absolute atomic E-state index is 0.734. The van der Waals surface area contributed by atoms with Crippen LogP contribution in [0.15, 0.2) is 29.3 Å². The molecule has 0 fully saturated rings. The van der Waals surface area contributed by atoms with Crippen LogP contribution in [0.2, 0.25) is 0 Å². The molecule has 86 valence electrons. The summed E-state index contributed by atoms with van der Waals surface area (Å²) in [5.74, 6) is 0. The van der Waals surface area contributed by atoms with Crippen molar-refractivity contribution < 1.29 is 0 Å². The molecule has 0 bridgehead atoms. The molecule has 0 atom stereocenters. The van der Waals surface area contributed by atoms with E-state index in [0.717, 1.165) is 26.1 Å². The molecule has 0 radical (unpaired) electrons. The summed E-state index contributed by atoms with van der Waals surface area (Å²) in [4.78, 5) is 6.19. The molecule has 0 unspecified atom stereocenters. The van der Waals surface area contributed by atoms with Crippen LogP contribution in [0.5, 0.6) is 0 Å². The fraction of sp³-hybridized carbons (Fsp3) is 0.462. The summed E-state index contributed by atoms with van der Waals surface area (Å²) in [7, 11) is 2.13. The van der Waals surface area contributed by atoms with Crippen molar-refractivity contribution in [2.75, 3.05) is 20.1 Å². The van der Waals surface area contributed by atoms with Crippen molar-refractivity contribution in [3.05, 3.63) is 35.4 Å². The number of nitrogens with zero attached hydrogens (tertiary/aromatic N) is 2. The molecule has 0 saturated carbocycles. The van der Waals surface area contributed by atoms with E-state index in [1.807, 2.05) is 0 Å². The number of rotatable bonds is 6. The van der Waals surface area contributed by atoms with E-state index in [-0.39, 0.29) is 0 Å². The highest BCUT2D eigenvalue weighted by molar-refractivity contribution is 7.78. The van der Waals surface area contributed by atoms with Crippen LogP contribution in [0.3, 0.4) is 0 Å². The molecule has 2 nitrogen and oxygen atoms in total. The lowest BCUT2D eigenvalue weighted by Crippen LogP contribution is -2.16. The molecule has 1 aromatic carbocycles. The van der Waals surface area contributed by atoms with Gasteiger partial charge in [0.2, 0.25) is 0 Å². The molecular weight excluding hydrogens is 216 g/mol. The molecule has 0 aliphatic carbocycles. The number of hydrogen-bond donors (Lipinski definition) is 0. The molecule has 1 rings (SSSR count). The van der Waals surface area contributed by atoms with Crippen molar-refractivity contribution in [2.45, 2.75) is 19.9 Å². The van der Waals surface area contributed by atoms with Crippen LogP contribution in [0, 0.1) is 0 Å². The van der Waals surface area contributed by atoms with Gasteiger partial charge in [-0.1, -0.05) is 31.2 Å². The van der Waals surface area contributed by atoms with Crippen molar-refractivity contribution >= 4 is 17.4 Å². The third kappa shape index (κ3) is 4.67. The SMILES string of the molecule is CCN(C)Cc1ccc(CCN=C=S)cc1. The highest BCUT2D eigenvalue weighted by Gasteiger charge is 1.98. The van der Waals surface area contributed by atoms with Crippen molar-refractivity contribution in [2.24, 2.45) is 4.99 Å². The molecule has 0 saturated heterocycles. The van der Waals surface area contributed by atoms with Gasteiger partial charge in [0.15, 0.2) is 0 Å². The Hall–Kier alpha value is -1.02. The first-order valence-electron chi connectivity index (χ1n) is 5.56. The standard InChI is InChI=1S/C13H18N2S/c1-3-15(2)10-13-6-4-12(5-7-13)8-9-14-11-16/h4-7H,3,8-10H2,1-2H3. The highest BCUT2D eigenvalue weighted by Crippen LogP contribution is 2.07. The molecule has 0 spiro atoms. The van der Waals surface area contributed by atoms with Gasteiger partial charge in [-0.15, -0.1) is 0 Å². The van der Waals surface area contributed by atoms with E-state index in [1.165, 1.54) is 11.1 Å². The maximum Gasteiger partial charge on any atom is 0.0585 e. The summed E-state index contributed by atoms with van der Waals surface area (Å²) in [5.41, 5.74) is 2.66. The molecule has 0 N–H and O–H groups in total. The van der Waals surface area contributed by atoms with Gasteiger partial charge >= 0.3 is 0 Å². The zero-order valence-corrected chi connectivity index (χ0v) is 10.8. The molecule has 1 aromatic rings. The normalized spacial score (nSPS) is 10.2. The van der Waals surface area contributed by atoms with Gasteiger partial charge in [0.1, 0.15) is 0 Å². The number of isothiocyanates is 1. The van der Waals surface area contributed by atoms with Crippen LogP contribution in [-0.4, -0.2) is 30.2 Å². The Morgan fingerprint density at radius 1 is 1.25 bits per heavy atom. The third-order valence-corrected chi connectivity index (χ3v) is 2.72. The van der Waals surface area contributed by atoms with Crippen LogP contribution in [0.4, 0.5) is 0 Å². The first kappa shape index (κ1) is 13.0. The zero-order chi connectivity index (χ0) is 11.8. The van der Waals surface area contributed by atoms with Crippen LogP contribution >= 0.6 is 12.2 Å². The number of benzene rings is 1. The fourth-order valence-corrected chi connectivity index (χ4v) is 1.56. The Balaban J connectivity index is 2.50. The summed E-state index contributed by atoms with van der Waals surface area (Å²) in [5, 5.41) is 2.38. The second kappa shape index (κ2) is 7.29. The molecule has 3 heteroatoms. The predicted molar refractivity (Wildman–Crippen MR) is 72.0 cm³/mol.